The van der Waals surface area contributed by atoms with Gasteiger partial charge in [0.1, 0.15) is 0 Å². The first-order valence-electron chi connectivity index (χ1n) is 6.08. The van der Waals surface area contributed by atoms with Crippen LogP contribution in [0, 0.1) is 0 Å². The third kappa shape index (κ3) is 2.11. The molecule has 1 saturated heterocycles. The first kappa shape index (κ1) is 11.2. The van der Waals surface area contributed by atoms with Gasteiger partial charge >= 0.3 is 0 Å². The zero-order chi connectivity index (χ0) is 11.5. The minimum Gasteiger partial charge on any atom is -0.339 e. The number of carbonyl (C=O) groups excluding carboxylic acids is 1. The van der Waals surface area contributed by atoms with Crippen molar-refractivity contribution in [2.75, 3.05) is 13.1 Å². The summed E-state index contributed by atoms with van der Waals surface area (Å²) in [5.74, 6) is 0.615. The summed E-state index contributed by atoms with van der Waals surface area (Å²) in [5, 5.41) is 0. The highest BCUT2D eigenvalue weighted by Crippen LogP contribution is 2.22. The number of benzene rings is 1. The van der Waals surface area contributed by atoms with Crippen molar-refractivity contribution in [2.45, 2.75) is 32.6 Å². The summed E-state index contributed by atoms with van der Waals surface area (Å²) in [6, 6.07) is 7.98. The van der Waals surface area contributed by atoms with Crippen LogP contribution in [-0.4, -0.2) is 23.9 Å². The third-order valence-electron chi connectivity index (χ3n) is 3.21. The number of amides is 1. The van der Waals surface area contributed by atoms with E-state index in [0.29, 0.717) is 5.92 Å². The van der Waals surface area contributed by atoms with Crippen molar-refractivity contribution in [3.8, 4) is 0 Å². The zero-order valence-corrected chi connectivity index (χ0v) is 10.1. The molecule has 0 atom stereocenters. The van der Waals surface area contributed by atoms with E-state index in [1.165, 1.54) is 5.56 Å². The monoisotopic (exact) mass is 217 g/mol. The molecule has 0 saturated carbocycles. The number of hydrogen-bond donors (Lipinski definition) is 0. The van der Waals surface area contributed by atoms with Gasteiger partial charge in [0.15, 0.2) is 0 Å². The molecule has 16 heavy (non-hydrogen) atoms. The van der Waals surface area contributed by atoms with E-state index in [0.717, 1.165) is 31.5 Å². The molecule has 2 rings (SSSR count). The van der Waals surface area contributed by atoms with Gasteiger partial charge < -0.3 is 4.90 Å². The van der Waals surface area contributed by atoms with Crippen molar-refractivity contribution < 1.29 is 4.79 Å². The fraction of sp³-hybridized carbons (Fsp3) is 0.500. The van der Waals surface area contributed by atoms with E-state index in [9.17, 15) is 4.79 Å². The van der Waals surface area contributed by atoms with Gasteiger partial charge in [-0.25, -0.2) is 0 Å². The minimum atomic E-state index is 0.210. The molecule has 0 unspecified atom stereocenters. The van der Waals surface area contributed by atoms with Crippen LogP contribution in [0.2, 0.25) is 0 Å². The normalized spacial score (nSPS) is 15.8. The van der Waals surface area contributed by atoms with Crippen LogP contribution in [0.1, 0.15) is 48.5 Å². The number of rotatable bonds is 2. The van der Waals surface area contributed by atoms with Crippen molar-refractivity contribution in [1.29, 1.82) is 0 Å². The Bertz CT molecular complexity index is 378. The molecule has 2 heteroatoms. The molecule has 1 aromatic carbocycles. The Hall–Kier alpha value is -1.31. The van der Waals surface area contributed by atoms with Gasteiger partial charge in [0.2, 0.25) is 0 Å². The maximum atomic E-state index is 12.3. The summed E-state index contributed by atoms with van der Waals surface area (Å²) in [6.07, 6.45) is 2.30. The van der Waals surface area contributed by atoms with Crippen LogP contribution in [0.5, 0.6) is 0 Å². The van der Waals surface area contributed by atoms with Crippen LogP contribution in [0.15, 0.2) is 24.3 Å². The molecule has 1 aromatic rings. The molecule has 0 spiro atoms. The molecule has 0 aliphatic carbocycles. The van der Waals surface area contributed by atoms with Crippen molar-refractivity contribution in [2.24, 2.45) is 0 Å². The first-order chi connectivity index (χ1) is 7.70. The van der Waals surface area contributed by atoms with Gasteiger partial charge in [0.05, 0.1) is 0 Å². The van der Waals surface area contributed by atoms with Crippen molar-refractivity contribution >= 4 is 5.91 Å². The fourth-order valence-corrected chi connectivity index (χ4v) is 2.29. The molecule has 2 nitrogen and oxygen atoms in total. The molecule has 1 amide bonds. The van der Waals surface area contributed by atoms with E-state index in [2.05, 4.69) is 19.9 Å². The molecule has 86 valence electrons. The van der Waals surface area contributed by atoms with Crippen molar-refractivity contribution in [1.82, 2.24) is 4.90 Å². The summed E-state index contributed by atoms with van der Waals surface area (Å²) < 4.78 is 0. The maximum absolute atomic E-state index is 12.3. The lowest BCUT2D eigenvalue weighted by atomic mass is 9.96. The van der Waals surface area contributed by atoms with E-state index < -0.39 is 0 Å². The van der Waals surface area contributed by atoms with Crippen LogP contribution in [0.25, 0.3) is 0 Å². The standard InChI is InChI=1S/C14H19NO/c1-11(2)12-7-3-4-8-13(12)14(16)15-9-5-6-10-15/h3-4,7-8,11H,5-6,9-10H2,1-2H3. The Morgan fingerprint density at radius 1 is 1.19 bits per heavy atom. The predicted octanol–water partition coefficient (Wildman–Crippen LogP) is 3.05. The highest BCUT2D eigenvalue weighted by molar-refractivity contribution is 5.96. The molecule has 1 aliphatic rings. The molecule has 1 aliphatic heterocycles. The largest absolute Gasteiger partial charge is 0.339 e. The van der Waals surface area contributed by atoms with E-state index >= 15 is 0 Å². The lowest BCUT2D eigenvalue weighted by molar-refractivity contribution is 0.0791. The quantitative estimate of drug-likeness (QED) is 0.745. The summed E-state index contributed by atoms with van der Waals surface area (Å²) >= 11 is 0. The second-order valence-corrected chi connectivity index (χ2v) is 4.74. The summed E-state index contributed by atoms with van der Waals surface area (Å²) in [6.45, 7) is 6.11. The van der Waals surface area contributed by atoms with Gasteiger partial charge in [-0.05, 0) is 30.4 Å². The molecule has 1 fully saturated rings. The molecule has 0 aromatic heterocycles. The average molecular weight is 217 g/mol. The van der Waals surface area contributed by atoms with Crippen LogP contribution < -0.4 is 0 Å². The number of hydrogen-bond acceptors (Lipinski definition) is 1. The van der Waals surface area contributed by atoms with Gasteiger partial charge in [-0.15, -0.1) is 0 Å². The predicted molar refractivity (Wildman–Crippen MR) is 65.7 cm³/mol. The SMILES string of the molecule is CC(C)c1ccccc1C(=O)N1CCCC1. The topological polar surface area (TPSA) is 20.3 Å². The van der Waals surface area contributed by atoms with Gasteiger partial charge in [-0.3, -0.25) is 4.79 Å². The summed E-state index contributed by atoms with van der Waals surface area (Å²) in [4.78, 5) is 14.3. The maximum Gasteiger partial charge on any atom is 0.254 e. The van der Waals surface area contributed by atoms with Crippen molar-refractivity contribution in [3.05, 3.63) is 35.4 Å². The number of carbonyl (C=O) groups is 1. The lowest BCUT2D eigenvalue weighted by Gasteiger charge is -2.18. The van der Waals surface area contributed by atoms with Crippen LogP contribution >= 0.6 is 0 Å². The Morgan fingerprint density at radius 3 is 2.44 bits per heavy atom. The molecule has 0 N–H and O–H groups in total. The second-order valence-electron chi connectivity index (χ2n) is 4.74. The highest BCUT2D eigenvalue weighted by atomic mass is 16.2. The molecular formula is C14H19NO. The van der Waals surface area contributed by atoms with Gasteiger partial charge in [-0.1, -0.05) is 32.0 Å². The number of nitrogens with zero attached hydrogens (tertiary/aromatic N) is 1. The van der Waals surface area contributed by atoms with E-state index in [1.807, 2.05) is 23.1 Å². The number of likely N-dealkylation sites (tertiary alicyclic amines) is 1. The van der Waals surface area contributed by atoms with Gasteiger partial charge in [0, 0.05) is 18.7 Å². The van der Waals surface area contributed by atoms with Crippen LogP contribution in [0.3, 0.4) is 0 Å². The van der Waals surface area contributed by atoms with Crippen LogP contribution in [-0.2, 0) is 0 Å². The molecule has 1 heterocycles. The van der Waals surface area contributed by atoms with Crippen LogP contribution in [0.4, 0.5) is 0 Å². The lowest BCUT2D eigenvalue weighted by Crippen LogP contribution is -2.28. The molecule has 0 bridgehead atoms. The average Bonchev–Trinajstić information content (AvgIpc) is 2.81. The molecular weight excluding hydrogens is 198 g/mol. The smallest absolute Gasteiger partial charge is 0.254 e. The Morgan fingerprint density at radius 2 is 1.81 bits per heavy atom. The summed E-state index contributed by atoms with van der Waals surface area (Å²) in [5.41, 5.74) is 2.05. The first-order valence-corrected chi connectivity index (χ1v) is 6.08. The minimum absolute atomic E-state index is 0.210. The van der Waals surface area contributed by atoms with E-state index in [-0.39, 0.29) is 5.91 Å². The molecule has 0 radical (unpaired) electrons. The van der Waals surface area contributed by atoms with E-state index in [1.54, 1.807) is 0 Å². The third-order valence-corrected chi connectivity index (χ3v) is 3.21. The Labute approximate surface area is 97.3 Å². The van der Waals surface area contributed by atoms with Crippen molar-refractivity contribution in [3.63, 3.8) is 0 Å². The Balaban J connectivity index is 2.28. The van der Waals surface area contributed by atoms with Gasteiger partial charge in [-0.2, -0.15) is 0 Å². The fourth-order valence-electron chi connectivity index (χ4n) is 2.29. The van der Waals surface area contributed by atoms with E-state index in [4.69, 9.17) is 0 Å². The highest BCUT2D eigenvalue weighted by Gasteiger charge is 2.21. The van der Waals surface area contributed by atoms with Gasteiger partial charge in [0.25, 0.3) is 5.91 Å². The zero-order valence-electron chi connectivity index (χ0n) is 10.1. The summed E-state index contributed by atoms with van der Waals surface area (Å²) in [7, 11) is 0. The second kappa shape index (κ2) is 4.69. The Kier molecular flexibility index (Phi) is 3.28.